The van der Waals surface area contributed by atoms with E-state index >= 15 is 0 Å². The lowest BCUT2D eigenvalue weighted by Gasteiger charge is -2.30. The third kappa shape index (κ3) is 2.79. The second kappa shape index (κ2) is 4.02. The molecule has 1 N–H and O–H groups in total. The molecule has 0 radical (unpaired) electrons. The highest BCUT2D eigenvalue weighted by atomic mass is 16.7. The maximum atomic E-state index is 11.4. The quantitative estimate of drug-likeness (QED) is 0.412. The predicted octanol–water partition coefficient (Wildman–Crippen LogP) is 0.520. The fourth-order valence-corrected chi connectivity index (χ4v) is 1.11. The van der Waals surface area contributed by atoms with Gasteiger partial charge in [-0.1, -0.05) is 6.92 Å². The Bertz CT molecular complexity index is 294. The molecule has 1 heterocycles. The number of carbonyl (C=O) groups is 2. The molecule has 5 nitrogen and oxygen atoms in total. The molecule has 0 aromatic heterocycles. The van der Waals surface area contributed by atoms with Gasteiger partial charge in [-0.3, -0.25) is 0 Å². The first-order valence-electron chi connectivity index (χ1n) is 4.72. The molecule has 15 heavy (non-hydrogen) atoms. The van der Waals surface area contributed by atoms with Gasteiger partial charge in [0.05, 0.1) is 6.10 Å². The molecule has 0 bridgehead atoms. The molecule has 0 aromatic rings. The second-order valence-corrected chi connectivity index (χ2v) is 3.73. The molecule has 0 aliphatic carbocycles. The second-order valence-electron chi connectivity index (χ2n) is 3.73. The third-order valence-electron chi connectivity index (χ3n) is 1.89. The molecule has 1 aliphatic heterocycles. The minimum absolute atomic E-state index is 0.247. The average molecular weight is 214 g/mol. The molecule has 1 saturated heterocycles. The van der Waals surface area contributed by atoms with Crippen LogP contribution in [0.15, 0.2) is 11.6 Å². The summed E-state index contributed by atoms with van der Waals surface area (Å²) < 4.78 is 9.68. The molecule has 1 aliphatic rings. The molecular weight excluding hydrogens is 200 g/mol. The number of esters is 2. The zero-order valence-corrected chi connectivity index (χ0v) is 8.94. The van der Waals surface area contributed by atoms with Gasteiger partial charge in [0, 0.05) is 13.8 Å². The molecule has 1 fully saturated rings. The Morgan fingerprint density at radius 2 is 1.80 bits per heavy atom. The van der Waals surface area contributed by atoms with Crippen molar-refractivity contribution < 1.29 is 24.2 Å². The van der Waals surface area contributed by atoms with Gasteiger partial charge in [0.15, 0.2) is 0 Å². The summed E-state index contributed by atoms with van der Waals surface area (Å²) in [6.45, 7) is 4.66. The van der Waals surface area contributed by atoms with Crippen LogP contribution in [0.3, 0.4) is 0 Å². The minimum atomic E-state index is -1.23. The van der Waals surface area contributed by atoms with Crippen LogP contribution in [0, 0.1) is 0 Å². The summed E-state index contributed by atoms with van der Waals surface area (Å²) in [7, 11) is 0. The van der Waals surface area contributed by atoms with E-state index in [1.54, 1.807) is 6.92 Å². The monoisotopic (exact) mass is 214 g/mol. The Hall–Kier alpha value is -1.36. The van der Waals surface area contributed by atoms with E-state index in [0.29, 0.717) is 6.42 Å². The van der Waals surface area contributed by atoms with Gasteiger partial charge >= 0.3 is 11.9 Å². The van der Waals surface area contributed by atoms with Crippen molar-refractivity contribution in [2.45, 2.75) is 39.1 Å². The zero-order valence-electron chi connectivity index (χ0n) is 8.94. The summed E-state index contributed by atoms with van der Waals surface area (Å²) in [5.74, 6) is -2.75. The van der Waals surface area contributed by atoms with Gasteiger partial charge in [-0.15, -0.1) is 0 Å². The third-order valence-corrected chi connectivity index (χ3v) is 1.89. The van der Waals surface area contributed by atoms with Gasteiger partial charge in [0.25, 0.3) is 5.79 Å². The van der Waals surface area contributed by atoms with Crippen molar-refractivity contribution in [3.8, 4) is 0 Å². The van der Waals surface area contributed by atoms with Crippen LogP contribution < -0.4 is 0 Å². The van der Waals surface area contributed by atoms with Crippen molar-refractivity contribution in [1.29, 1.82) is 0 Å². The SMILES string of the molecule is CCC(O)C=C1C(=O)OC(C)(C)OC1=O. The van der Waals surface area contributed by atoms with Crippen molar-refractivity contribution in [1.82, 2.24) is 0 Å². The molecule has 84 valence electrons. The summed E-state index contributed by atoms with van der Waals surface area (Å²) in [6, 6.07) is 0. The number of aliphatic hydroxyl groups excluding tert-OH is 1. The van der Waals surface area contributed by atoms with Crippen LogP contribution in [0.4, 0.5) is 0 Å². The number of cyclic esters (lactones) is 2. The van der Waals surface area contributed by atoms with Crippen LogP contribution in [0.2, 0.25) is 0 Å². The maximum absolute atomic E-state index is 11.4. The zero-order chi connectivity index (χ0) is 11.6. The lowest BCUT2D eigenvalue weighted by atomic mass is 10.1. The first-order chi connectivity index (χ1) is 6.85. The van der Waals surface area contributed by atoms with Crippen LogP contribution in [-0.4, -0.2) is 28.9 Å². The number of rotatable bonds is 2. The van der Waals surface area contributed by atoms with Gasteiger partial charge in [-0.05, 0) is 12.5 Å². The summed E-state index contributed by atoms with van der Waals surface area (Å²) in [4.78, 5) is 22.7. The highest BCUT2D eigenvalue weighted by molar-refractivity contribution is 6.15. The van der Waals surface area contributed by atoms with Crippen LogP contribution in [0.5, 0.6) is 0 Å². The van der Waals surface area contributed by atoms with E-state index in [4.69, 9.17) is 9.47 Å². The Morgan fingerprint density at radius 3 is 2.20 bits per heavy atom. The van der Waals surface area contributed by atoms with Gasteiger partial charge in [-0.2, -0.15) is 0 Å². The van der Waals surface area contributed by atoms with Crippen LogP contribution in [0.25, 0.3) is 0 Å². The molecule has 1 rings (SSSR count). The Kier molecular flexibility index (Phi) is 3.14. The first kappa shape index (κ1) is 11.7. The van der Waals surface area contributed by atoms with E-state index in [1.165, 1.54) is 13.8 Å². The van der Waals surface area contributed by atoms with Crippen LogP contribution in [-0.2, 0) is 19.1 Å². The number of hydrogen-bond donors (Lipinski definition) is 1. The molecular formula is C10H14O5. The van der Waals surface area contributed by atoms with Crippen molar-refractivity contribution in [3.05, 3.63) is 11.6 Å². The largest absolute Gasteiger partial charge is 0.419 e. The fourth-order valence-electron chi connectivity index (χ4n) is 1.11. The topological polar surface area (TPSA) is 72.8 Å². The normalized spacial score (nSPS) is 21.7. The lowest BCUT2D eigenvalue weighted by molar-refractivity contribution is -0.222. The molecule has 1 atom stereocenters. The van der Waals surface area contributed by atoms with Crippen molar-refractivity contribution in [2.24, 2.45) is 0 Å². The number of ether oxygens (including phenoxy) is 2. The fraction of sp³-hybridized carbons (Fsp3) is 0.600. The average Bonchev–Trinajstić information content (AvgIpc) is 2.09. The molecule has 0 saturated carbocycles. The minimum Gasteiger partial charge on any atom is -0.419 e. The standard InChI is InChI=1S/C10H14O5/c1-4-6(11)5-7-8(12)14-10(2,3)15-9(7)13/h5-6,11H,4H2,1-3H3. The Labute approximate surface area is 87.7 Å². The molecule has 5 heteroatoms. The summed E-state index contributed by atoms with van der Waals surface area (Å²) >= 11 is 0. The van der Waals surface area contributed by atoms with Crippen molar-refractivity contribution >= 4 is 11.9 Å². The van der Waals surface area contributed by atoms with E-state index in [9.17, 15) is 14.7 Å². The van der Waals surface area contributed by atoms with Gasteiger partial charge in [-0.25, -0.2) is 9.59 Å². The smallest absolute Gasteiger partial charge is 0.348 e. The number of hydrogen-bond acceptors (Lipinski definition) is 5. The summed E-state index contributed by atoms with van der Waals surface area (Å²) in [5.41, 5.74) is -0.247. The number of carbonyl (C=O) groups excluding carboxylic acids is 2. The van der Waals surface area contributed by atoms with E-state index in [0.717, 1.165) is 6.08 Å². The molecule has 0 spiro atoms. The summed E-state index contributed by atoms with van der Waals surface area (Å²) in [5, 5.41) is 9.28. The molecule has 0 aromatic carbocycles. The van der Waals surface area contributed by atoms with Gasteiger partial charge in [0.2, 0.25) is 0 Å². The molecule has 0 amide bonds. The van der Waals surface area contributed by atoms with Crippen LogP contribution in [0.1, 0.15) is 27.2 Å². The van der Waals surface area contributed by atoms with Gasteiger partial charge in [0.1, 0.15) is 5.57 Å². The Balaban J connectivity index is 2.89. The van der Waals surface area contributed by atoms with E-state index in [2.05, 4.69) is 0 Å². The Morgan fingerprint density at radius 1 is 1.33 bits per heavy atom. The molecule has 1 unspecified atom stereocenters. The first-order valence-corrected chi connectivity index (χ1v) is 4.72. The number of aliphatic hydroxyl groups is 1. The highest BCUT2D eigenvalue weighted by Crippen LogP contribution is 2.22. The van der Waals surface area contributed by atoms with E-state index in [-0.39, 0.29) is 5.57 Å². The van der Waals surface area contributed by atoms with Crippen molar-refractivity contribution in [2.75, 3.05) is 0 Å². The highest BCUT2D eigenvalue weighted by Gasteiger charge is 2.38. The van der Waals surface area contributed by atoms with E-state index in [1.807, 2.05) is 0 Å². The maximum Gasteiger partial charge on any atom is 0.348 e. The van der Waals surface area contributed by atoms with Gasteiger partial charge < -0.3 is 14.6 Å². The summed E-state index contributed by atoms with van der Waals surface area (Å²) in [6.07, 6.45) is 0.717. The van der Waals surface area contributed by atoms with Crippen molar-refractivity contribution in [3.63, 3.8) is 0 Å². The predicted molar refractivity (Wildman–Crippen MR) is 50.6 cm³/mol. The van der Waals surface area contributed by atoms with E-state index < -0.39 is 23.8 Å². The lowest BCUT2D eigenvalue weighted by Crippen LogP contribution is -2.42. The van der Waals surface area contributed by atoms with Crippen LogP contribution >= 0.6 is 0 Å².